The number of rotatable bonds is 5. The van der Waals surface area contributed by atoms with Crippen molar-refractivity contribution in [2.45, 2.75) is 19.9 Å². The lowest BCUT2D eigenvalue weighted by Crippen LogP contribution is -2.27. The Morgan fingerprint density at radius 3 is 2.57 bits per heavy atom. The van der Waals surface area contributed by atoms with E-state index in [4.69, 9.17) is 4.74 Å². The topological polar surface area (TPSA) is 81.5 Å². The Balaban J connectivity index is 2.18. The SMILES string of the molecule is COc1ccccc1[C@@H](C)NC(=O)c1ccc([N+](=O)[O-])c(C)c1. The summed E-state index contributed by atoms with van der Waals surface area (Å²) >= 11 is 0. The van der Waals surface area contributed by atoms with Crippen LogP contribution in [0.1, 0.15) is 34.5 Å². The molecular formula is C17H18N2O4. The molecule has 0 aliphatic heterocycles. The molecule has 6 nitrogen and oxygen atoms in total. The number of benzene rings is 2. The highest BCUT2D eigenvalue weighted by atomic mass is 16.6. The van der Waals surface area contributed by atoms with Crippen molar-refractivity contribution in [1.82, 2.24) is 5.32 Å². The average molecular weight is 314 g/mol. The van der Waals surface area contributed by atoms with E-state index in [0.29, 0.717) is 16.9 Å². The molecule has 2 aromatic rings. The standard InChI is InChI=1S/C17H18N2O4/c1-11-10-13(8-9-15(11)19(21)22)17(20)18-12(2)14-6-4-5-7-16(14)23-3/h4-10,12H,1-3H3,(H,18,20)/t12-/m1/s1. The van der Waals surface area contributed by atoms with Crippen LogP contribution in [0.15, 0.2) is 42.5 Å². The summed E-state index contributed by atoms with van der Waals surface area (Å²) in [6.45, 7) is 3.46. The largest absolute Gasteiger partial charge is 0.496 e. The summed E-state index contributed by atoms with van der Waals surface area (Å²) in [4.78, 5) is 22.7. The Morgan fingerprint density at radius 2 is 1.96 bits per heavy atom. The molecule has 0 saturated heterocycles. The van der Waals surface area contributed by atoms with E-state index in [2.05, 4.69) is 5.32 Å². The first-order chi connectivity index (χ1) is 10.9. The van der Waals surface area contributed by atoms with Gasteiger partial charge in [0.25, 0.3) is 11.6 Å². The quantitative estimate of drug-likeness (QED) is 0.677. The number of methoxy groups -OCH3 is 1. The Labute approximate surface area is 134 Å². The molecule has 0 aromatic heterocycles. The zero-order valence-corrected chi connectivity index (χ0v) is 13.2. The Kier molecular flexibility index (Phi) is 4.95. The normalized spacial score (nSPS) is 11.6. The number of aryl methyl sites for hydroxylation is 1. The van der Waals surface area contributed by atoms with Crippen LogP contribution in [0.25, 0.3) is 0 Å². The molecule has 0 heterocycles. The van der Waals surface area contributed by atoms with Crippen LogP contribution in [0.5, 0.6) is 5.75 Å². The maximum absolute atomic E-state index is 12.3. The predicted molar refractivity (Wildman–Crippen MR) is 86.7 cm³/mol. The van der Waals surface area contributed by atoms with Gasteiger partial charge in [0.05, 0.1) is 18.1 Å². The van der Waals surface area contributed by atoms with Crippen LogP contribution < -0.4 is 10.1 Å². The van der Waals surface area contributed by atoms with Gasteiger partial charge in [0.15, 0.2) is 0 Å². The second kappa shape index (κ2) is 6.91. The summed E-state index contributed by atoms with van der Waals surface area (Å²) in [5.74, 6) is 0.404. The summed E-state index contributed by atoms with van der Waals surface area (Å²) in [5.41, 5.74) is 1.70. The number of hydrogen-bond acceptors (Lipinski definition) is 4. The molecule has 0 bridgehead atoms. The third kappa shape index (κ3) is 3.66. The van der Waals surface area contributed by atoms with Gasteiger partial charge in [0.1, 0.15) is 5.75 Å². The van der Waals surface area contributed by atoms with Gasteiger partial charge in [-0.05, 0) is 32.0 Å². The molecular weight excluding hydrogens is 296 g/mol. The first kappa shape index (κ1) is 16.5. The van der Waals surface area contributed by atoms with Gasteiger partial charge >= 0.3 is 0 Å². The van der Waals surface area contributed by atoms with Gasteiger partial charge in [-0.1, -0.05) is 18.2 Å². The minimum absolute atomic E-state index is 0.000623. The lowest BCUT2D eigenvalue weighted by Gasteiger charge is -2.17. The van der Waals surface area contributed by atoms with Crippen molar-refractivity contribution in [1.29, 1.82) is 0 Å². The average Bonchev–Trinajstić information content (AvgIpc) is 2.54. The monoisotopic (exact) mass is 314 g/mol. The highest BCUT2D eigenvalue weighted by Gasteiger charge is 2.17. The number of amides is 1. The van der Waals surface area contributed by atoms with Crippen molar-refractivity contribution in [3.05, 3.63) is 69.3 Å². The smallest absolute Gasteiger partial charge is 0.272 e. The number of nitrogens with one attached hydrogen (secondary N) is 1. The van der Waals surface area contributed by atoms with Crippen LogP contribution in [0, 0.1) is 17.0 Å². The Hall–Kier alpha value is -2.89. The molecule has 0 spiro atoms. The van der Waals surface area contributed by atoms with E-state index in [1.54, 1.807) is 14.0 Å². The van der Waals surface area contributed by atoms with E-state index in [1.165, 1.54) is 18.2 Å². The second-order valence-corrected chi connectivity index (χ2v) is 5.20. The van der Waals surface area contributed by atoms with Gasteiger partial charge in [-0.25, -0.2) is 0 Å². The lowest BCUT2D eigenvalue weighted by atomic mass is 10.1. The third-order valence-corrected chi connectivity index (χ3v) is 3.61. The molecule has 1 amide bonds. The van der Waals surface area contributed by atoms with Crippen LogP contribution >= 0.6 is 0 Å². The van der Waals surface area contributed by atoms with Crippen molar-refractivity contribution < 1.29 is 14.5 Å². The molecule has 0 radical (unpaired) electrons. The summed E-state index contributed by atoms with van der Waals surface area (Å²) in [6, 6.07) is 11.5. The lowest BCUT2D eigenvalue weighted by molar-refractivity contribution is -0.385. The molecule has 0 aliphatic carbocycles. The first-order valence-electron chi connectivity index (χ1n) is 7.13. The summed E-state index contributed by atoms with van der Waals surface area (Å²) < 4.78 is 5.29. The van der Waals surface area contributed by atoms with Crippen LogP contribution in [0.2, 0.25) is 0 Å². The number of nitro benzene ring substituents is 1. The van der Waals surface area contributed by atoms with E-state index < -0.39 is 4.92 Å². The number of carbonyl (C=O) groups excluding carboxylic acids is 1. The Morgan fingerprint density at radius 1 is 1.26 bits per heavy atom. The van der Waals surface area contributed by atoms with Gasteiger partial charge in [0.2, 0.25) is 0 Å². The van der Waals surface area contributed by atoms with E-state index in [1.807, 2.05) is 31.2 Å². The van der Waals surface area contributed by atoms with Crippen molar-refractivity contribution in [2.24, 2.45) is 0 Å². The van der Waals surface area contributed by atoms with Crippen molar-refractivity contribution in [2.75, 3.05) is 7.11 Å². The van der Waals surface area contributed by atoms with Gasteiger partial charge in [0, 0.05) is 22.8 Å². The molecule has 2 aromatic carbocycles. The molecule has 0 aliphatic rings. The molecule has 23 heavy (non-hydrogen) atoms. The van der Waals surface area contributed by atoms with Crippen molar-refractivity contribution >= 4 is 11.6 Å². The van der Waals surface area contributed by atoms with E-state index >= 15 is 0 Å². The van der Waals surface area contributed by atoms with E-state index in [0.717, 1.165) is 5.56 Å². The summed E-state index contributed by atoms with van der Waals surface area (Å²) in [5, 5.41) is 13.7. The maximum atomic E-state index is 12.3. The van der Waals surface area contributed by atoms with Gasteiger partial charge in [-0.2, -0.15) is 0 Å². The molecule has 120 valence electrons. The molecule has 0 unspecified atom stereocenters. The molecule has 0 fully saturated rings. The molecule has 0 saturated carbocycles. The van der Waals surface area contributed by atoms with Crippen LogP contribution in [-0.2, 0) is 0 Å². The van der Waals surface area contributed by atoms with E-state index in [9.17, 15) is 14.9 Å². The Bertz CT molecular complexity index is 743. The van der Waals surface area contributed by atoms with Crippen molar-refractivity contribution in [3.8, 4) is 5.75 Å². The fourth-order valence-electron chi connectivity index (χ4n) is 2.38. The third-order valence-electron chi connectivity index (χ3n) is 3.61. The predicted octanol–water partition coefficient (Wildman–Crippen LogP) is 3.40. The van der Waals surface area contributed by atoms with Crippen molar-refractivity contribution in [3.63, 3.8) is 0 Å². The number of nitro groups is 1. The van der Waals surface area contributed by atoms with Crippen LogP contribution in [0.4, 0.5) is 5.69 Å². The number of para-hydroxylation sites is 1. The highest BCUT2D eigenvalue weighted by Crippen LogP contribution is 2.25. The highest BCUT2D eigenvalue weighted by molar-refractivity contribution is 5.95. The molecule has 1 atom stereocenters. The molecule has 2 rings (SSSR count). The van der Waals surface area contributed by atoms with E-state index in [-0.39, 0.29) is 17.6 Å². The molecule has 1 N–H and O–H groups in total. The number of nitrogens with zero attached hydrogens (tertiary/aromatic N) is 1. The minimum Gasteiger partial charge on any atom is -0.496 e. The van der Waals surface area contributed by atoms with Gasteiger partial charge < -0.3 is 10.1 Å². The number of ether oxygens (including phenoxy) is 1. The second-order valence-electron chi connectivity index (χ2n) is 5.20. The summed E-state index contributed by atoms with van der Waals surface area (Å²) in [7, 11) is 1.58. The zero-order chi connectivity index (χ0) is 17.0. The number of hydrogen-bond donors (Lipinski definition) is 1. The zero-order valence-electron chi connectivity index (χ0n) is 13.2. The first-order valence-corrected chi connectivity index (χ1v) is 7.13. The summed E-state index contributed by atoms with van der Waals surface area (Å²) in [6.07, 6.45) is 0. The van der Waals surface area contributed by atoms with Gasteiger partial charge in [-0.15, -0.1) is 0 Å². The minimum atomic E-state index is -0.464. The fourth-order valence-corrected chi connectivity index (χ4v) is 2.38. The number of carbonyl (C=O) groups is 1. The molecule has 6 heteroatoms. The van der Waals surface area contributed by atoms with Gasteiger partial charge in [-0.3, -0.25) is 14.9 Å². The fraction of sp³-hybridized carbons (Fsp3) is 0.235. The maximum Gasteiger partial charge on any atom is 0.272 e. The van der Waals surface area contributed by atoms with Crippen LogP contribution in [-0.4, -0.2) is 17.9 Å². The van der Waals surface area contributed by atoms with Crippen LogP contribution in [0.3, 0.4) is 0 Å².